The molecule has 0 spiro atoms. The summed E-state index contributed by atoms with van der Waals surface area (Å²) in [5.74, 6) is 1.58. The molecule has 0 saturated heterocycles. The van der Waals surface area contributed by atoms with Gasteiger partial charge >= 0.3 is 0 Å². The van der Waals surface area contributed by atoms with Crippen molar-refractivity contribution in [1.29, 1.82) is 0 Å². The van der Waals surface area contributed by atoms with Gasteiger partial charge in [-0.25, -0.2) is 0 Å². The van der Waals surface area contributed by atoms with E-state index in [0.29, 0.717) is 12.0 Å². The molecule has 3 atom stereocenters. The Bertz CT molecular complexity index is 244. The van der Waals surface area contributed by atoms with Gasteiger partial charge < -0.3 is 5.11 Å². The molecule has 0 amide bonds. The van der Waals surface area contributed by atoms with Crippen LogP contribution in [-0.4, -0.2) is 11.7 Å². The van der Waals surface area contributed by atoms with Crippen LogP contribution in [0.25, 0.3) is 0 Å². The first-order chi connectivity index (χ1) is 7.68. The number of rotatable bonds is 2. The zero-order valence-corrected chi connectivity index (χ0v) is 11.4. The van der Waals surface area contributed by atoms with Crippen LogP contribution in [0.3, 0.4) is 0 Å². The van der Waals surface area contributed by atoms with E-state index < -0.39 is 0 Å². The average molecular weight is 224 g/mol. The van der Waals surface area contributed by atoms with Gasteiger partial charge in [0.15, 0.2) is 0 Å². The summed E-state index contributed by atoms with van der Waals surface area (Å²) in [5, 5.41) is 9.08. The molecule has 0 bridgehead atoms. The quantitative estimate of drug-likeness (QED) is 0.698. The van der Waals surface area contributed by atoms with Crippen molar-refractivity contribution in [3.63, 3.8) is 0 Å². The van der Waals surface area contributed by atoms with Gasteiger partial charge in [0.25, 0.3) is 0 Å². The molecule has 0 aromatic carbocycles. The van der Waals surface area contributed by atoms with Gasteiger partial charge in [-0.3, -0.25) is 0 Å². The normalized spacial score (nSPS) is 37.2. The molecule has 94 valence electrons. The molecule has 2 unspecified atom stereocenters. The topological polar surface area (TPSA) is 20.2 Å². The van der Waals surface area contributed by atoms with Crippen LogP contribution in [0.4, 0.5) is 0 Å². The van der Waals surface area contributed by atoms with Crippen molar-refractivity contribution in [1.82, 2.24) is 0 Å². The van der Waals surface area contributed by atoms with E-state index in [1.807, 2.05) is 13.8 Å². The maximum atomic E-state index is 9.08. The van der Waals surface area contributed by atoms with Crippen molar-refractivity contribution >= 4 is 0 Å². The highest BCUT2D eigenvalue weighted by Crippen LogP contribution is 2.56. The lowest BCUT2D eigenvalue weighted by Crippen LogP contribution is -2.32. The number of aliphatic hydroxyl groups excluding tert-OH is 1. The fourth-order valence-electron chi connectivity index (χ4n) is 3.82. The van der Waals surface area contributed by atoms with Crippen molar-refractivity contribution < 1.29 is 5.11 Å². The van der Waals surface area contributed by atoms with Crippen LogP contribution in [-0.2, 0) is 0 Å². The zero-order valence-electron chi connectivity index (χ0n) is 11.4. The molecule has 0 radical (unpaired) electrons. The monoisotopic (exact) mass is 224 g/mol. The Morgan fingerprint density at radius 1 is 1.38 bits per heavy atom. The molecule has 0 aliphatic heterocycles. The Labute approximate surface area is 101 Å². The van der Waals surface area contributed by atoms with Crippen LogP contribution in [0, 0.1) is 17.3 Å². The van der Waals surface area contributed by atoms with Gasteiger partial charge in [-0.2, -0.15) is 0 Å². The Morgan fingerprint density at radius 2 is 2.06 bits per heavy atom. The van der Waals surface area contributed by atoms with Gasteiger partial charge in [-0.15, -0.1) is 0 Å². The predicted octanol–water partition coefficient (Wildman–Crippen LogP) is 4.17. The summed E-state index contributed by atoms with van der Waals surface area (Å²) in [4.78, 5) is 0. The van der Waals surface area contributed by atoms with E-state index in [4.69, 9.17) is 5.11 Å². The van der Waals surface area contributed by atoms with E-state index in [2.05, 4.69) is 19.9 Å². The molecule has 16 heavy (non-hydrogen) atoms. The van der Waals surface area contributed by atoms with Gasteiger partial charge in [0.2, 0.25) is 0 Å². The van der Waals surface area contributed by atoms with Crippen molar-refractivity contribution in [2.75, 3.05) is 6.61 Å². The Balaban J connectivity index is 0.000000606. The summed E-state index contributed by atoms with van der Waals surface area (Å²) in [5.41, 5.74) is 2.11. The lowest BCUT2D eigenvalue weighted by Gasteiger charge is -2.40. The van der Waals surface area contributed by atoms with Crippen molar-refractivity contribution in [2.45, 2.75) is 59.8 Å². The summed E-state index contributed by atoms with van der Waals surface area (Å²) >= 11 is 0. The van der Waals surface area contributed by atoms with Crippen LogP contribution in [0.5, 0.6) is 0 Å². The van der Waals surface area contributed by atoms with Crippen molar-refractivity contribution in [3.8, 4) is 0 Å². The Morgan fingerprint density at radius 3 is 2.69 bits per heavy atom. The molecule has 1 saturated carbocycles. The lowest BCUT2D eigenvalue weighted by molar-refractivity contribution is 0.125. The summed E-state index contributed by atoms with van der Waals surface area (Å²) in [6.07, 6.45) is 8.70. The summed E-state index contributed by atoms with van der Waals surface area (Å²) in [6, 6.07) is 0. The highest BCUT2D eigenvalue weighted by atomic mass is 16.3. The fraction of sp³-hybridized carbons (Fsp3) is 0.867. The first kappa shape index (κ1) is 13.8. The van der Waals surface area contributed by atoms with Crippen LogP contribution in [0.2, 0.25) is 0 Å². The second-order valence-corrected chi connectivity index (χ2v) is 5.33. The second-order valence-electron chi connectivity index (χ2n) is 5.33. The maximum absolute atomic E-state index is 9.08. The SMILES string of the molecule is CC.CC1=CCCC2(C)C1CC[C@@H]2CCO. The van der Waals surface area contributed by atoms with Crippen LogP contribution in [0.1, 0.15) is 59.8 Å². The Kier molecular flexibility index (Phi) is 5.04. The number of aliphatic hydroxyl groups is 1. The highest BCUT2D eigenvalue weighted by Gasteiger charge is 2.47. The summed E-state index contributed by atoms with van der Waals surface area (Å²) < 4.78 is 0. The van der Waals surface area contributed by atoms with Gasteiger partial charge in [-0.05, 0) is 56.3 Å². The predicted molar refractivity (Wildman–Crippen MR) is 70.4 cm³/mol. The Hall–Kier alpha value is -0.300. The first-order valence-electron chi connectivity index (χ1n) is 6.96. The minimum absolute atomic E-state index is 0.371. The molecule has 0 aromatic rings. The molecule has 1 nitrogen and oxygen atoms in total. The van der Waals surface area contributed by atoms with E-state index in [1.54, 1.807) is 5.57 Å². The molecule has 2 aliphatic carbocycles. The van der Waals surface area contributed by atoms with E-state index in [0.717, 1.165) is 18.3 Å². The summed E-state index contributed by atoms with van der Waals surface area (Å²) in [7, 11) is 0. The third kappa shape index (κ3) is 2.34. The van der Waals surface area contributed by atoms with Crippen LogP contribution >= 0.6 is 0 Å². The molecule has 0 aromatic heterocycles. The third-order valence-corrected chi connectivity index (χ3v) is 4.71. The highest BCUT2D eigenvalue weighted by molar-refractivity contribution is 5.16. The minimum atomic E-state index is 0.371. The minimum Gasteiger partial charge on any atom is -0.396 e. The molecule has 2 rings (SSSR count). The lowest BCUT2D eigenvalue weighted by atomic mass is 9.65. The molecule has 1 fully saturated rings. The third-order valence-electron chi connectivity index (χ3n) is 4.71. The fourth-order valence-corrected chi connectivity index (χ4v) is 3.82. The van der Waals surface area contributed by atoms with Gasteiger partial charge in [-0.1, -0.05) is 32.4 Å². The molecule has 1 N–H and O–H groups in total. The van der Waals surface area contributed by atoms with Gasteiger partial charge in [0.05, 0.1) is 0 Å². The van der Waals surface area contributed by atoms with Crippen molar-refractivity contribution in [2.24, 2.45) is 17.3 Å². The number of hydrogen-bond donors (Lipinski definition) is 1. The standard InChI is InChI=1S/C13H22O.C2H6/c1-10-4-3-8-13(2)11(7-9-14)5-6-12(10)13;1-2/h4,11-12,14H,3,5-9H2,1-2H3;1-2H3/t11-,12?,13?;/m1./s1. The first-order valence-corrected chi connectivity index (χ1v) is 6.96. The van der Waals surface area contributed by atoms with Crippen molar-refractivity contribution in [3.05, 3.63) is 11.6 Å². The summed E-state index contributed by atoms with van der Waals surface area (Å²) in [6.45, 7) is 9.11. The van der Waals surface area contributed by atoms with Gasteiger partial charge in [0.1, 0.15) is 0 Å². The molecule has 2 aliphatic rings. The van der Waals surface area contributed by atoms with E-state index in [-0.39, 0.29) is 0 Å². The zero-order chi connectivity index (χ0) is 12.2. The number of hydrogen-bond acceptors (Lipinski definition) is 1. The number of fused-ring (bicyclic) bond motifs is 1. The van der Waals surface area contributed by atoms with E-state index >= 15 is 0 Å². The van der Waals surface area contributed by atoms with Crippen LogP contribution in [0.15, 0.2) is 11.6 Å². The van der Waals surface area contributed by atoms with Gasteiger partial charge in [0, 0.05) is 6.61 Å². The molecule has 1 heteroatoms. The van der Waals surface area contributed by atoms with E-state index in [1.165, 1.54) is 25.7 Å². The van der Waals surface area contributed by atoms with Crippen LogP contribution < -0.4 is 0 Å². The smallest absolute Gasteiger partial charge is 0.0433 e. The molecule has 0 heterocycles. The number of allylic oxidation sites excluding steroid dienone is 2. The molecular formula is C15H28O. The average Bonchev–Trinajstić information content (AvgIpc) is 2.61. The largest absolute Gasteiger partial charge is 0.396 e. The molecular weight excluding hydrogens is 196 g/mol. The maximum Gasteiger partial charge on any atom is 0.0433 e. The second kappa shape index (κ2) is 5.86. The van der Waals surface area contributed by atoms with E-state index in [9.17, 15) is 0 Å².